The first kappa shape index (κ1) is 16.3. The van der Waals surface area contributed by atoms with Gasteiger partial charge in [0.1, 0.15) is 6.54 Å². The maximum absolute atomic E-state index is 12.1. The van der Waals surface area contributed by atoms with E-state index in [-0.39, 0.29) is 18.0 Å². The van der Waals surface area contributed by atoms with Crippen LogP contribution in [0, 0.1) is 6.92 Å². The van der Waals surface area contributed by atoms with Crippen LogP contribution in [-0.2, 0) is 16.1 Å². The second kappa shape index (κ2) is 7.31. The lowest BCUT2D eigenvalue weighted by atomic mass is 10.2. The number of morpholine rings is 1. The summed E-state index contributed by atoms with van der Waals surface area (Å²) in [7, 11) is 0. The Morgan fingerprint density at radius 2 is 1.88 bits per heavy atom. The molecule has 1 amide bonds. The van der Waals surface area contributed by atoms with Crippen LogP contribution in [0.15, 0.2) is 47.4 Å². The predicted molar refractivity (Wildman–Crippen MR) is 93.5 cm³/mol. The molecular weight excluding hydrogens is 306 g/mol. The Bertz CT molecular complexity index is 762. The van der Waals surface area contributed by atoms with E-state index in [1.54, 1.807) is 6.20 Å². The highest BCUT2D eigenvalue weighted by Gasteiger charge is 2.11. The third-order valence-electron chi connectivity index (χ3n) is 3.99. The van der Waals surface area contributed by atoms with Crippen molar-refractivity contribution in [1.82, 2.24) is 4.57 Å². The Labute approximate surface area is 140 Å². The lowest BCUT2D eigenvalue weighted by Gasteiger charge is -2.28. The summed E-state index contributed by atoms with van der Waals surface area (Å²) in [4.78, 5) is 26.2. The molecule has 6 heteroatoms. The van der Waals surface area contributed by atoms with E-state index in [4.69, 9.17) is 4.74 Å². The van der Waals surface area contributed by atoms with Gasteiger partial charge in [-0.15, -0.1) is 0 Å². The number of anilines is 2. The van der Waals surface area contributed by atoms with Gasteiger partial charge in [-0.05, 0) is 42.8 Å². The van der Waals surface area contributed by atoms with Gasteiger partial charge < -0.3 is 19.5 Å². The van der Waals surface area contributed by atoms with E-state index in [0.29, 0.717) is 0 Å². The molecule has 1 saturated heterocycles. The summed E-state index contributed by atoms with van der Waals surface area (Å²) >= 11 is 0. The molecule has 1 aromatic carbocycles. The van der Waals surface area contributed by atoms with Crippen molar-refractivity contribution in [3.8, 4) is 0 Å². The zero-order chi connectivity index (χ0) is 16.9. The molecule has 0 bridgehead atoms. The molecule has 6 nitrogen and oxygen atoms in total. The monoisotopic (exact) mass is 327 g/mol. The lowest BCUT2D eigenvalue weighted by molar-refractivity contribution is -0.116. The van der Waals surface area contributed by atoms with Crippen molar-refractivity contribution in [2.45, 2.75) is 13.5 Å². The first-order chi connectivity index (χ1) is 11.6. The molecule has 2 aromatic rings. The van der Waals surface area contributed by atoms with Crippen LogP contribution in [0.4, 0.5) is 11.4 Å². The minimum Gasteiger partial charge on any atom is -0.378 e. The SMILES string of the molecule is Cc1ccn(CC(=O)Nc2ccc(N3CCOCC3)cc2)c(=O)c1. The van der Waals surface area contributed by atoms with Crippen LogP contribution in [0.3, 0.4) is 0 Å². The summed E-state index contributed by atoms with van der Waals surface area (Å²) in [5.41, 5.74) is 2.55. The molecular formula is C18H21N3O3. The quantitative estimate of drug-likeness (QED) is 0.927. The zero-order valence-electron chi connectivity index (χ0n) is 13.7. The fraction of sp³-hybridized carbons (Fsp3) is 0.333. The van der Waals surface area contributed by atoms with E-state index in [9.17, 15) is 9.59 Å². The number of hydrogen-bond donors (Lipinski definition) is 1. The largest absolute Gasteiger partial charge is 0.378 e. The van der Waals surface area contributed by atoms with E-state index >= 15 is 0 Å². The average molecular weight is 327 g/mol. The van der Waals surface area contributed by atoms with E-state index in [2.05, 4.69) is 10.2 Å². The van der Waals surface area contributed by atoms with Gasteiger partial charge in [0.15, 0.2) is 0 Å². The average Bonchev–Trinajstić information content (AvgIpc) is 2.59. The first-order valence-electron chi connectivity index (χ1n) is 8.01. The second-order valence-electron chi connectivity index (χ2n) is 5.86. The van der Waals surface area contributed by atoms with Crippen molar-refractivity contribution < 1.29 is 9.53 Å². The number of rotatable bonds is 4. The molecule has 0 unspecified atom stereocenters. The highest BCUT2D eigenvalue weighted by atomic mass is 16.5. The van der Waals surface area contributed by atoms with Gasteiger partial charge in [0.25, 0.3) is 5.56 Å². The van der Waals surface area contributed by atoms with Crippen molar-refractivity contribution in [3.05, 3.63) is 58.5 Å². The maximum atomic E-state index is 12.1. The molecule has 1 aliphatic heterocycles. The number of pyridine rings is 1. The van der Waals surface area contributed by atoms with Gasteiger partial charge in [-0.3, -0.25) is 9.59 Å². The fourth-order valence-corrected chi connectivity index (χ4v) is 2.67. The fourth-order valence-electron chi connectivity index (χ4n) is 2.67. The van der Waals surface area contributed by atoms with Gasteiger partial charge in [0.05, 0.1) is 13.2 Å². The number of benzene rings is 1. The molecule has 0 radical (unpaired) electrons. The van der Waals surface area contributed by atoms with E-state index in [0.717, 1.165) is 43.2 Å². The molecule has 126 valence electrons. The Morgan fingerprint density at radius 3 is 2.54 bits per heavy atom. The van der Waals surface area contributed by atoms with Crippen LogP contribution in [0.25, 0.3) is 0 Å². The minimum absolute atomic E-state index is 0.00429. The number of nitrogens with one attached hydrogen (secondary N) is 1. The Kier molecular flexibility index (Phi) is 4.96. The van der Waals surface area contributed by atoms with Crippen LogP contribution in [0.2, 0.25) is 0 Å². The Balaban J connectivity index is 1.61. The maximum Gasteiger partial charge on any atom is 0.251 e. The Morgan fingerprint density at radius 1 is 1.17 bits per heavy atom. The van der Waals surface area contributed by atoms with Gasteiger partial charge in [0, 0.05) is 36.7 Å². The van der Waals surface area contributed by atoms with E-state index in [1.165, 1.54) is 10.6 Å². The number of aryl methyl sites for hydroxylation is 1. The molecule has 0 aliphatic carbocycles. The summed E-state index contributed by atoms with van der Waals surface area (Å²) in [6, 6.07) is 11.1. The summed E-state index contributed by atoms with van der Waals surface area (Å²) < 4.78 is 6.74. The molecule has 0 atom stereocenters. The number of aromatic nitrogens is 1. The van der Waals surface area contributed by atoms with Crippen molar-refractivity contribution in [2.24, 2.45) is 0 Å². The van der Waals surface area contributed by atoms with E-state index in [1.807, 2.05) is 37.3 Å². The normalized spacial score (nSPS) is 14.5. The molecule has 24 heavy (non-hydrogen) atoms. The van der Waals surface area contributed by atoms with Crippen LogP contribution in [0.1, 0.15) is 5.56 Å². The number of nitrogens with zero attached hydrogens (tertiary/aromatic N) is 2. The number of carbonyl (C=O) groups excluding carboxylic acids is 1. The van der Waals surface area contributed by atoms with Gasteiger partial charge >= 0.3 is 0 Å². The number of hydrogen-bond acceptors (Lipinski definition) is 4. The van der Waals surface area contributed by atoms with Gasteiger partial charge in [-0.1, -0.05) is 0 Å². The number of carbonyl (C=O) groups is 1. The Hall–Kier alpha value is -2.60. The highest BCUT2D eigenvalue weighted by Crippen LogP contribution is 2.19. The highest BCUT2D eigenvalue weighted by molar-refractivity contribution is 5.90. The standard InChI is InChI=1S/C18H21N3O3/c1-14-6-7-21(18(23)12-14)13-17(22)19-15-2-4-16(5-3-15)20-8-10-24-11-9-20/h2-7,12H,8-11,13H2,1H3,(H,19,22). The van der Waals surface area contributed by atoms with Gasteiger partial charge in [-0.25, -0.2) is 0 Å². The van der Waals surface area contributed by atoms with Crippen LogP contribution in [-0.4, -0.2) is 36.8 Å². The van der Waals surface area contributed by atoms with Gasteiger partial charge in [-0.2, -0.15) is 0 Å². The molecule has 1 N–H and O–H groups in total. The van der Waals surface area contributed by atoms with Crippen molar-refractivity contribution in [2.75, 3.05) is 36.5 Å². The van der Waals surface area contributed by atoms with Crippen LogP contribution < -0.4 is 15.8 Å². The zero-order valence-corrected chi connectivity index (χ0v) is 13.7. The van der Waals surface area contributed by atoms with Crippen LogP contribution in [0.5, 0.6) is 0 Å². The smallest absolute Gasteiger partial charge is 0.251 e. The van der Waals surface area contributed by atoms with Crippen LogP contribution >= 0.6 is 0 Å². The second-order valence-corrected chi connectivity index (χ2v) is 5.86. The molecule has 2 heterocycles. The summed E-state index contributed by atoms with van der Waals surface area (Å²) in [6.45, 7) is 5.09. The van der Waals surface area contributed by atoms with Crippen molar-refractivity contribution >= 4 is 17.3 Å². The summed E-state index contributed by atoms with van der Waals surface area (Å²) in [5.74, 6) is -0.222. The molecule has 0 saturated carbocycles. The summed E-state index contributed by atoms with van der Waals surface area (Å²) in [5, 5.41) is 2.82. The van der Waals surface area contributed by atoms with Crippen molar-refractivity contribution in [3.63, 3.8) is 0 Å². The van der Waals surface area contributed by atoms with Crippen molar-refractivity contribution in [1.29, 1.82) is 0 Å². The first-order valence-corrected chi connectivity index (χ1v) is 8.01. The van der Waals surface area contributed by atoms with E-state index < -0.39 is 0 Å². The third kappa shape index (κ3) is 4.02. The number of amides is 1. The third-order valence-corrected chi connectivity index (χ3v) is 3.99. The summed E-state index contributed by atoms with van der Waals surface area (Å²) in [6.07, 6.45) is 1.64. The lowest BCUT2D eigenvalue weighted by Crippen LogP contribution is -2.36. The van der Waals surface area contributed by atoms with Gasteiger partial charge in [0.2, 0.25) is 5.91 Å². The molecule has 1 fully saturated rings. The predicted octanol–water partition coefficient (Wildman–Crippen LogP) is 1.63. The topological polar surface area (TPSA) is 63.6 Å². The molecule has 3 rings (SSSR count). The molecule has 1 aromatic heterocycles. The molecule has 0 spiro atoms. The minimum atomic E-state index is -0.222. The number of ether oxygens (including phenoxy) is 1. The molecule has 1 aliphatic rings.